The lowest BCUT2D eigenvalue weighted by molar-refractivity contribution is -0.176. The van der Waals surface area contributed by atoms with Crippen molar-refractivity contribution < 1.29 is 27.5 Å². The van der Waals surface area contributed by atoms with E-state index < -0.39 is 24.6 Å². The molecule has 2 rings (SSSR count). The summed E-state index contributed by atoms with van der Waals surface area (Å²) < 4.78 is 40.6. The molecule has 0 aliphatic carbocycles. The maximum absolute atomic E-state index is 12.2. The van der Waals surface area contributed by atoms with E-state index in [0.717, 1.165) is 0 Å². The maximum atomic E-state index is 12.2. The number of anilines is 1. The first kappa shape index (κ1) is 19.7. The molecule has 138 valence electrons. The van der Waals surface area contributed by atoms with Gasteiger partial charge < -0.3 is 15.8 Å². The summed E-state index contributed by atoms with van der Waals surface area (Å²) in [4.78, 5) is 23.3. The van der Waals surface area contributed by atoms with Crippen LogP contribution in [0.15, 0.2) is 42.5 Å². The fourth-order valence-corrected chi connectivity index (χ4v) is 2.31. The minimum absolute atomic E-state index is 0.104. The first-order valence-corrected chi connectivity index (χ1v) is 7.67. The van der Waals surface area contributed by atoms with Gasteiger partial charge in [0.25, 0.3) is 5.91 Å². The Hall–Kier alpha value is -2.58. The van der Waals surface area contributed by atoms with Gasteiger partial charge in [-0.15, -0.1) is 0 Å². The van der Waals surface area contributed by atoms with E-state index >= 15 is 0 Å². The number of amides is 2. The van der Waals surface area contributed by atoms with Crippen molar-refractivity contribution in [2.45, 2.75) is 12.8 Å². The summed E-state index contributed by atoms with van der Waals surface area (Å²) in [5, 5.41) is 2.70. The van der Waals surface area contributed by atoms with Gasteiger partial charge in [-0.25, -0.2) is 0 Å². The summed E-state index contributed by atoms with van der Waals surface area (Å²) in [5.41, 5.74) is 6.43. The van der Waals surface area contributed by atoms with E-state index in [4.69, 9.17) is 17.3 Å². The number of nitrogens with one attached hydrogen (secondary N) is 1. The Labute approximate surface area is 151 Å². The molecule has 26 heavy (non-hydrogen) atoms. The number of nitrogens with two attached hydrogens (primary N) is 1. The van der Waals surface area contributed by atoms with Crippen LogP contribution in [0.3, 0.4) is 0 Å². The molecule has 0 fully saturated rings. The number of halogens is 4. The average molecular weight is 387 g/mol. The van der Waals surface area contributed by atoms with Crippen LogP contribution in [0.4, 0.5) is 18.9 Å². The molecule has 0 aliphatic heterocycles. The first-order valence-electron chi connectivity index (χ1n) is 7.30. The molecule has 2 aromatic carbocycles. The summed E-state index contributed by atoms with van der Waals surface area (Å²) in [6.07, 6.45) is -4.38. The molecule has 3 N–H and O–H groups in total. The number of primary amides is 1. The molecule has 0 aliphatic rings. The van der Waals surface area contributed by atoms with E-state index in [9.17, 15) is 22.8 Å². The van der Waals surface area contributed by atoms with Crippen molar-refractivity contribution in [1.29, 1.82) is 0 Å². The standard InChI is InChI=1S/C17H14ClF3N2O3/c18-14-7-12(5-6-13(14)15(22)24)23-16(25)11-3-1-10(2-4-11)8-26-9-17(19,20)21/h1-7H,8-9H2,(H2,22,24)(H,23,25). The highest BCUT2D eigenvalue weighted by Gasteiger charge is 2.27. The zero-order valence-corrected chi connectivity index (χ0v) is 14.0. The van der Waals surface area contributed by atoms with Crippen molar-refractivity contribution in [2.75, 3.05) is 11.9 Å². The van der Waals surface area contributed by atoms with E-state index in [0.29, 0.717) is 16.8 Å². The molecular weight excluding hydrogens is 373 g/mol. The Balaban J connectivity index is 1.97. The van der Waals surface area contributed by atoms with Crippen molar-refractivity contribution in [3.8, 4) is 0 Å². The molecular formula is C17H14ClF3N2O3. The Morgan fingerprint density at radius 3 is 2.31 bits per heavy atom. The molecule has 0 spiro atoms. The van der Waals surface area contributed by atoms with Crippen molar-refractivity contribution in [1.82, 2.24) is 0 Å². The van der Waals surface area contributed by atoms with Crippen molar-refractivity contribution in [3.63, 3.8) is 0 Å². The monoisotopic (exact) mass is 386 g/mol. The highest BCUT2D eigenvalue weighted by Crippen LogP contribution is 2.21. The lowest BCUT2D eigenvalue weighted by atomic mass is 10.1. The van der Waals surface area contributed by atoms with Crippen LogP contribution in [0.5, 0.6) is 0 Å². The van der Waals surface area contributed by atoms with Crippen molar-refractivity contribution in [3.05, 3.63) is 64.2 Å². The predicted molar refractivity (Wildman–Crippen MR) is 90.1 cm³/mol. The molecule has 0 saturated carbocycles. The second-order valence-electron chi connectivity index (χ2n) is 5.32. The minimum Gasteiger partial charge on any atom is -0.367 e. The Kier molecular flexibility index (Phi) is 6.23. The molecule has 0 heterocycles. The Morgan fingerprint density at radius 1 is 1.12 bits per heavy atom. The average Bonchev–Trinajstić information content (AvgIpc) is 2.54. The van der Waals surface area contributed by atoms with Crippen LogP contribution in [0, 0.1) is 0 Å². The van der Waals surface area contributed by atoms with Crippen LogP contribution in [0.2, 0.25) is 5.02 Å². The van der Waals surface area contributed by atoms with E-state index in [1.165, 1.54) is 42.5 Å². The second kappa shape index (κ2) is 8.20. The van der Waals surface area contributed by atoms with Gasteiger partial charge in [0.15, 0.2) is 0 Å². The lowest BCUT2D eigenvalue weighted by Crippen LogP contribution is -2.16. The van der Waals surface area contributed by atoms with E-state index in [-0.39, 0.29) is 17.2 Å². The van der Waals surface area contributed by atoms with E-state index in [1.807, 2.05) is 0 Å². The third-order valence-electron chi connectivity index (χ3n) is 3.24. The molecule has 2 aromatic rings. The second-order valence-corrected chi connectivity index (χ2v) is 5.73. The number of carbonyl (C=O) groups is 2. The van der Waals surface area contributed by atoms with Gasteiger partial charge in [-0.1, -0.05) is 23.7 Å². The first-order chi connectivity index (χ1) is 12.2. The third kappa shape index (κ3) is 5.75. The minimum atomic E-state index is -4.38. The number of hydrogen-bond acceptors (Lipinski definition) is 3. The summed E-state index contributed by atoms with van der Waals surface area (Å²) in [6, 6.07) is 10.2. The fraction of sp³-hybridized carbons (Fsp3) is 0.176. The van der Waals surface area contributed by atoms with Crippen LogP contribution in [-0.2, 0) is 11.3 Å². The molecule has 9 heteroatoms. The quantitative estimate of drug-likeness (QED) is 0.793. The van der Waals surface area contributed by atoms with Gasteiger partial charge in [0.05, 0.1) is 17.2 Å². The molecule has 0 aromatic heterocycles. The predicted octanol–water partition coefficient (Wildman–Crippen LogP) is 3.77. The largest absolute Gasteiger partial charge is 0.411 e. The Bertz CT molecular complexity index is 808. The normalized spacial score (nSPS) is 11.2. The van der Waals surface area contributed by atoms with Gasteiger partial charge in [0.2, 0.25) is 5.91 Å². The number of carbonyl (C=O) groups excluding carboxylic acids is 2. The van der Waals surface area contributed by atoms with E-state index in [2.05, 4.69) is 10.1 Å². The highest BCUT2D eigenvalue weighted by atomic mass is 35.5. The smallest absolute Gasteiger partial charge is 0.367 e. The van der Waals surface area contributed by atoms with Crippen LogP contribution in [0.25, 0.3) is 0 Å². The molecule has 0 atom stereocenters. The fourth-order valence-electron chi connectivity index (χ4n) is 2.03. The van der Waals surface area contributed by atoms with Gasteiger partial charge in [0.1, 0.15) is 6.61 Å². The lowest BCUT2D eigenvalue weighted by Gasteiger charge is -2.09. The van der Waals surface area contributed by atoms with Gasteiger partial charge in [-0.2, -0.15) is 13.2 Å². The highest BCUT2D eigenvalue weighted by molar-refractivity contribution is 6.34. The van der Waals surface area contributed by atoms with Gasteiger partial charge >= 0.3 is 6.18 Å². The molecule has 5 nitrogen and oxygen atoms in total. The van der Waals surface area contributed by atoms with Crippen molar-refractivity contribution >= 4 is 29.1 Å². The SMILES string of the molecule is NC(=O)c1ccc(NC(=O)c2ccc(COCC(F)(F)F)cc2)cc1Cl. The Morgan fingerprint density at radius 2 is 1.77 bits per heavy atom. The number of rotatable bonds is 6. The molecule has 2 amide bonds. The van der Waals surface area contributed by atoms with Crippen LogP contribution in [0.1, 0.15) is 26.3 Å². The van der Waals surface area contributed by atoms with E-state index in [1.54, 1.807) is 0 Å². The van der Waals surface area contributed by atoms with Crippen LogP contribution >= 0.6 is 11.6 Å². The summed E-state index contributed by atoms with van der Waals surface area (Å²) in [5.74, 6) is -1.13. The zero-order valence-electron chi connectivity index (χ0n) is 13.3. The molecule has 0 saturated heterocycles. The maximum Gasteiger partial charge on any atom is 0.411 e. The van der Waals surface area contributed by atoms with Crippen molar-refractivity contribution in [2.24, 2.45) is 5.73 Å². The van der Waals surface area contributed by atoms with Gasteiger partial charge in [-0.3, -0.25) is 9.59 Å². The van der Waals surface area contributed by atoms with Gasteiger partial charge in [-0.05, 0) is 35.9 Å². The topological polar surface area (TPSA) is 81.4 Å². The number of ether oxygens (including phenoxy) is 1. The third-order valence-corrected chi connectivity index (χ3v) is 3.56. The summed E-state index contributed by atoms with van der Waals surface area (Å²) >= 11 is 5.91. The molecule has 0 radical (unpaired) electrons. The summed E-state index contributed by atoms with van der Waals surface area (Å²) in [6.45, 7) is -1.55. The summed E-state index contributed by atoms with van der Waals surface area (Å²) in [7, 11) is 0. The number of hydrogen-bond donors (Lipinski definition) is 2. The number of benzene rings is 2. The van der Waals surface area contributed by atoms with Crippen LogP contribution < -0.4 is 11.1 Å². The molecule has 0 unspecified atom stereocenters. The zero-order chi connectivity index (χ0) is 19.3. The van der Waals surface area contributed by atoms with Gasteiger partial charge in [0, 0.05) is 11.3 Å². The number of alkyl halides is 3. The molecule has 0 bridgehead atoms. The van der Waals surface area contributed by atoms with Crippen LogP contribution in [-0.4, -0.2) is 24.6 Å².